The highest BCUT2D eigenvalue weighted by Gasteiger charge is 2.14. The van der Waals surface area contributed by atoms with Crippen LogP contribution in [0.4, 0.5) is 10.2 Å². The van der Waals surface area contributed by atoms with Crippen LogP contribution in [-0.4, -0.2) is 11.5 Å². The maximum Gasteiger partial charge on any atom is 0.145 e. The first kappa shape index (κ1) is 14.6. The van der Waals surface area contributed by atoms with Crippen LogP contribution < -0.4 is 5.32 Å². The summed E-state index contributed by atoms with van der Waals surface area (Å²) in [5.74, 6) is 0.102. The predicted octanol–water partition coefficient (Wildman–Crippen LogP) is 5.39. The number of rotatable bonds is 3. The monoisotopic (exact) mass is 362 g/mol. The Morgan fingerprint density at radius 3 is 2.68 bits per heavy atom. The van der Waals surface area contributed by atoms with Gasteiger partial charge in [-0.1, -0.05) is 39.1 Å². The van der Waals surface area contributed by atoms with Crippen molar-refractivity contribution in [2.45, 2.75) is 6.92 Å². The molecule has 0 amide bonds. The topological polar surface area (TPSA) is 24.9 Å². The van der Waals surface area contributed by atoms with Crippen molar-refractivity contribution >= 4 is 44.9 Å². The number of aromatic nitrogens is 1. The Morgan fingerprint density at radius 2 is 2.00 bits per heavy atom. The van der Waals surface area contributed by atoms with Crippen molar-refractivity contribution in [3.8, 4) is 11.3 Å². The fourth-order valence-electron chi connectivity index (χ4n) is 1.63. The van der Waals surface area contributed by atoms with Crippen LogP contribution in [0, 0.1) is 5.82 Å². The van der Waals surface area contributed by atoms with E-state index in [1.165, 1.54) is 6.07 Å². The lowest BCUT2D eigenvalue weighted by atomic mass is 10.1. The summed E-state index contributed by atoms with van der Waals surface area (Å²) in [5, 5.41) is 3.73. The van der Waals surface area contributed by atoms with Crippen LogP contribution in [0.25, 0.3) is 11.3 Å². The van der Waals surface area contributed by atoms with Gasteiger partial charge in [0.15, 0.2) is 0 Å². The van der Waals surface area contributed by atoms with Gasteiger partial charge in [0.1, 0.15) is 11.6 Å². The van der Waals surface area contributed by atoms with Gasteiger partial charge < -0.3 is 5.32 Å². The van der Waals surface area contributed by atoms with Crippen molar-refractivity contribution in [1.29, 1.82) is 0 Å². The molecular weight excluding hydrogens is 354 g/mol. The van der Waals surface area contributed by atoms with Crippen LogP contribution >= 0.6 is 39.1 Å². The Labute approximate surface area is 129 Å². The third-order valence-corrected chi connectivity index (χ3v) is 3.53. The van der Waals surface area contributed by atoms with Crippen molar-refractivity contribution in [1.82, 2.24) is 4.98 Å². The quantitative estimate of drug-likeness (QED) is 0.790. The first-order valence-corrected chi connectivity index (χ1v) is 7.13. The van der Waals surface area contributed by atoms with Gasteiger partial charge in [0.05, 0.1) is 15.7 Å². The summed E-state index contributed by atoms with van der Waals surface area (Å²) >= 11 is 15.4. The van der Waals surface area contributed by atoms with Gasteiger partial charge in [0.2, 0.25) is 0 Å². The molecule has 2 rings (SSSR count). The van der Waals surface area contributed by atoms with Gasteiger partial charge in [-0.25, -0.2) is 9.37 Å². The SMILES string of the molecule is CCNc1nc(-c2cc(Br)ccc2F)c(Cl)cc1Cl. The van der Waals surface area contributed by atoms with E-state index in [4.69, 9.17) is 23.2 Å². The number of halogens is 4. The highest BCUT2D eigenvalue weighted by atomic mass is 79.9. The number of nitrogens with zero attached hydrogens (tertiary/aromatic N) is 1. The molecule has 0 unspecified atom stereocenters. The van der Waals surface area contributed by atoms with Crippen molar-refractivity contribution in [2.24, 2.45) is 0 Å². The lowest BCUT2D eigenvalue weighted by Gasteiger charge is -2.11. The molecule has 0 aliphatic rings. The molecule has 0 radical (unpaired) electrons. The molecule has 2 aromatic rings. The summed E-state index contributed by atoms with van der Waals surface area (Å²) in [6.45, 7) is 2.58. The Hall–Kier alpha value is -0.840. The molecule has 0 aliphatic heterocycles. The zero-order chi connectivity index (χ0) is 14.0. The van der Waals surface area contributed by atoms with Crippen LogP contribution in [0.15, 0.2) is 28.7 Å². The summed E-state index contributed by atoms with van der Waals surface area (Å²) in [6, 6.07) is 6.17. The molecule has 0 spiro atoms. The lowest BCUT2D eigenvalue weighted by molar-refractivity contribution is 0.630. The van der Waals surface area contributed by atoms with Crippen molar-refractivity contribution < 1.29 is 4.39 Å². The maximum atomic E-state index is 13.9. The molecule has 6 heteroatoms. The minimum Gasteiger partial charge on any atom is -0.369 e. The molecule has 0 saturated carbocycles. The van der Waals surface area contributed by atoms with Gasteiger partial charge in [0.25, 0.3) is 0 Å². The number of hydrogen-bond acceptors (Lipinski definition) is 2. The molecule has 0 bridgehead atoms. The molecule has 1 aromatic carbocycles. The molecule has 19 heavy (non-hydrogen) atoms. The van der Waals surface area contributed by atoms with Gasteiger partial charge in [0, 0.05) is 16.6 Å². The van der Waals surface area contributed by atoms with E-state index in [0.717, 1.165) is 4.47 Å². The van der Waals surface area contributed by atoms with E-state index < -0.39 is 0 Å². The average molecular weight is 364 g/mol. The molecule has 0 fully saturated rings. The van der Waals surface area contributed by atoms with Crippen molar-refractivity contribution in [3.63, 3.8) is 0 Å². The van der Waals surface area contributed by atoms with E-state index in [1.807, 2.05) is 6.92 Å². The minimum atomic E-state index is -0.387. The van der Waals surface area contributed by atoms with E-state index in [9.17, 15) is 4.39 Å². The molecule has 0 aliphatic carbocycles. The standard InChI is InChI=1S/C13H10BrCl2FN2/c1-2-18-13-10(16)6-9(15)12(19-13)8-5-7(14)3-4-11(8)17/h3-6H,2H2,1H3,(H,18,19). The van der Waals surface area contributed by atoms with E-state index in [1.54, 1.807) is 18.2 Å². The molecule has 0 atom stereocenters. The zero-order valence-electron chi connectivity index (χ0n) is 9.98. The van der Waals surface area contributed by atoms with E-state index in [-0.39, 0.29) is 5.82 Å². The molecular formula is C13H10BrCl2FN2. The Balaban J connectivity index is 2.61. The van der Waals surface area contributed by atoms with Crippen molar-refractivity contribution in [2.75, 3.05) is 11.9 Å². The number of nitrogens with one attached hydrogen (secondary N) is 1. The van der Waals surface area contributed by atoms with Gasteiger partial charge in [-0.3, -0.25) is 0 Å². The summed E-state index contributed by atoms with van der Waals surface area (Å²) in [6.07, 6.45) is 0. The third-order valence-electron chi connectivity index (χ3n) is 2.46. The van der Waals surface area contributed by atoms with Gasteiger partial charge in [-0.15, -0.1) is 0 Å². The molecule has 0 saturated heterocycles. The van der Waals surface area contributed by atoms with E-state index in [2.05, 4.69) is 26.2 Å². The number of pyridine rings is 1. The fourth-order valence-corrected chi connectivity index (χ4v) is 2.51. The molecule has 1 N–H and O–H groups in total. The van der Waals surface area contributed by atoms with E-state index in [0.29, 0.717) is 33.7 Å². The van der Waals surface area contributed by atoms with Gasteiger partial charge in [-0.05, 0) is 31.2 Å². The van der Waals surface area contributed by atoms with Gasteiger partial charge >= 0.3 is 0 Å². The van der Waals surface area contributed by atoms with Crippen LogP contribution in [0.2, 0.25) is 10.0 Å². The molecule has 100 valence electrons. The third kappa shape index (κ3) is 3.19. The van der Waals surface area contributed by atoms with Crippen LogP contribution in [-0.2, 0) is 0 Å². The first-order valence-electron chi connectivity index (χ1n) is 5.58. The normalized spacial score (nSPS) is 10.6. The number of anilines is 1. The molecule has 1 heterocycles. The highest BCUT2D eigenvalue weighted by molar-refractivity contribution is 9.10. The van der Waals surface area contributed by atoms with E-state index >= 15 is 0 Å². The van der Waals surface area contributed by atoms with Gasteiger partial charge in [-0.2, -0.15) is 0 Å². The van der Waals surface area contributed by atoms with Crippen LogP contribution in [0.3, 0.4) is 0 Å². The summed E-state index contributed by atoms with van der Waals surface area (Å²) in [5.41, 5.74) is 0.691. The second-order valence-electron chi connectivity index (χ2n) is 3.80. The summed E-state index contributed by atoms with van der Waals surface area (Å²) in [7, 11) is 0. The molecule has 2 nitrogen and oxygen atoms in total. The second kappa shape index (κ2) is 6.07. The molecule has 1 aromatic heterocycles. The second-order valence-corrected chi connectivity index (χ2v) is 5.53. The predicted molar refractivity (Wildman–Crippen MR) is 81.5 cm³/mol. The Morgan fingerprint density at radius 1 is 1.26 bits per heavy atom. The number of benzene rings is 1. The zero-order valence-corrected chi connectivity index (χ0v) is 13.1. The Kier molecular flexibility index (Phi) is 4.66. The van der Waals surface area contributed by atoms with Crippen LogP contribution in [0.5, 0.6) is 0 Å². The Bertz CT molecular complexity index is 620. The average Bonchev–Trinajstić information content (AvgIpc) is 2.36. The number of hydrogen-bond donors (Lipinski definition) is 1. The minimum absolute atomic E-state index is 0.309. The summed E-state index contributed by atoms with van der Waals surface area (Å²) in [4.78, 5) is 4.30. The maximum absolute atomic E-state index is 13.9. The van der Waals surface area contributed by atoms with Crippen molar-refractivity contribution in [3.05, 3.63) is 44.6 Å². The smallest absolute Gasteiger partial charge is 0.145 e. The lowest BCUT2D eigenvalue weighted by Crippen LogP contribution is -2.02. The largest absolute Gasteiger partial charge is 0.369 e. The fraction of sp³-hybridized carbons (Fsp3) is 0.154. The highest BCUT2D eigenvalue weighted by Crippen LogP contribution is 2.34. The first-order chi connectivity index (χ1) is 9.02. The van der Waals surface area contributed by atoms with Crippen LogP contribution in [0.1, 0.15) is 6.92 Å². The summed E-state index contributed by atoms with van der Waals surface area (Å²) < 4.78 is 14.6.